The molecule has 2 aromatic carbocycles. The van der Waals surface area contributed by atoms with Crippen molar-refractivity contribution in [2.24, 2.45) is 0 Å². The Hall–Kier alpha value is -3.65. The lowest BCUT2D eigenvalue weighted by Gasteiger charge is -2.14. The molecule has 1 N–H and O–H groups in total. The van der Waals surface area contributed by atoms with Gasteiger partial charge in [0.25, 0.3) is 0 Å². The van der Waals surface area contributed by atoms with E-state index in [-0.39, 0.29) is 18.1 Å². The van der Waals surface area contributed by atoms with E-state index in [9.17, 15) is 9.18 Å². The van der Waals surface area contributed by atoms with Crippen molar-refractivity contribution in [3.8, 4) is 23.0 Å². The van der Waals surface area contributed by atoms with Gasteiger partial charge in [0.2, 0.25) is 5.95 Å². The third kappa shape index (κ3) is 4.12. The first-order valence-electron chi connectivity index (χ1n) is 9.42. The normalized spacial score (nSPS) is 11.8. The fraction of sp³-hybridized carbons (Fsp3) is 0.167. The molecule has 0 saturated carbocycles. The van der Waals surface area contributed by atoms with E-state index in [1.807, 2.05) is 24.3 Å². The summed E-state index contributed by atoms with van der Waals surface area (Å²) in [6.07, 6.45) is 1.28. The lowest BCUT2D eigenvalue weighted by Crippen LogP contribution is -2.26. The molecular formula is C24H19FN2O2. The van der Waals surface area contributed by atoms with Crippen molar-refractivity contribution < 1.29 is 13.9 Å². The van der Waals surface area contributed by atoms with E-state index in [2.05, 4.69) is 46.4 Å². The van der Waals surface area contributed by atoms with Gasteiger partial charge in [-0.05, 0) is 34.4 Å². The van der Waals surface area contributed by atoms with Crippen LogP contribution in [0.4, 0.5) is 9.18 Å². The fourth-order valence-corrected chi connectivity index (χ4v) is 3.51. The number of rotatable bonds is 4. The highest BCUT2D eigenvalue weighted by molar-refractivity contribution is 5.79. The standard InChI is InChI=1S/C24H19FN2O2/c25-23-17(9-7-15-26-23)8-5-6-14-27-24(28)29-16-22-20-12-3-1-10-18(20)19-11-2-4-13-21(19)22/h1-4,7,9-13,15,22H,6,14,16H2,(H,27,28). The van der Waals surface area contributed by atoms with Crippen LogP contribution in [0.5, 0.6) is 0 Å². The van der Waals surface area contributed by atoms with E-state index in [1.165, 1.54) is 28.5 Å². The molecule has 5 heteroatoms. The molecule has 4 rings (SSSR count). The van der Waals surface area contributed by atoms with E-state index < -0.39 is 12.0 Å². The molecule has 0 atom stereocenters. The molecule has 0 unspecified atom stereocenters. The number of nitrogens with one attached hydrogen (secondary N) is 1. The molecule has 144 valence electrons. The topological polar surface area (TPSA) is 51.2 Å². The smallest absolute Gasteiger partial charge is 0.407 e. The minimum absolute atomic E-state index is 0.0292. The largest absolute Gasteiger partial charge is 0.449 e. The second-order valence-corrected chi connectivity index (χ2v) is 6.65. The van der Waals surface area contributed by atoms with Crippen molar-refractivity contribution in [1.29, 1.82) is 0 Å². The number of nitrogens with zero attached hydrogens (tertiary/aromatic N) is 1. The first-order valence-corrected chi connectivity index (χ1v) is 9.42. The van der Waals surface area contributed by atoms with Crippen molar-refractivity contribution in [2.45, 2.75) is 12.3 Å². The molecular weight excluding hydrogens is 367 g/mol. The number of fused-ring (bicyclic) bond motifs is 3. The molecule has 1 aromatic heterocycles. The summed E-state index contributed by atoms with van der Waals surface area (Å²) in [5.74, 6) is 4.96. The summed E-state index contributed by atoms with van der Waals surface area (Å²) in [6.45, 7) is 0.595. The first-order chi connectivity index (χ1) is 14.2. The summed E-state index contributed by atoms with van der Waals surface area (Å²) in [4.78, 5) is 15.6. The van der Waals surface area contributed by atoms with Crippen LogP contribution in [0.1, 0.15) is 29.0 Å². The zero-order valence-corrected chi connectivity index (χ0v) is 15.7. The molecule has 0 bridgehead atoms. The van der Waals surface area contributed by atoms with Gasteiger partial charge in [-0.2, -0.15) is 4.39 Å². The Morgan fingerprint density at radius 3 is 2.41 bits per heavy atom. The third-order valence-corrected chi connectivity index (χ3v) is 4.85. The highest BCUT2D eigenvalue weighted by Gasteiger charge is 2.28. The molecule has 4 nitrogen and oxygen atoms in total. The maximum Gasteiger partial charge on any atom is 0.407 e. The Labute approximate surface area is 168 Å². The lowest BCUT2D eigenvalue weighted by molar-refractivity contribution is 0.143. The predicted molar refractivity (Wildman–Crippen MR) is 109 cm³/mol. The zero-order chi connectivity index (χ0) is 20.1. The predicted octanol–water partition coefficient (Wildman–Crippen LogP) is 4.50. The van der Waals surface area contributed by atoms with Gasteiger partial charge < -0.3 is 10.1 Å². The second-order valence-electron chi connectivity index (χ2n) is 6.65. The van der Waals surface area contributed by atoms with Gasteiger partial charge in [0.05, 0.1) is 5.56 Å². The molecule has 1 aliphatic rings. The Kier molecular flexibility index (Phi) is 5.53. The molecule has 0 aliphatic heterocycles. The van der Waals surface area contributed by atoms with Gasteiger partial charge in [0, 0.05) is 25.1 Å². The van der Waals surface area contributed by atoms with Crippen LogP contribution >= 0.6 is 0 Å². The van der Waals surface area contributed by atoms with Gasteiger partial charge in [-0.3, -0.25) is 0 Å². The van der Waals surface area contributed by atoms with Crippen LogP contribution in [-0.4, -0.2) is 24.2 Å². The fourth-order valence-electron chi connectivity index (χ4n) is 3.51. The van der Waals surface area contributed by atoms with Crippen molar-refractivity contribution in [1.82, 2.24) is 10.3 Å². The molecule has 1 aliphatic carbocycles. The zero-order valence-electron chi connectivity index (χ0n) is 15.7. The number of benzene rings is 2. The summed E-state index contributed by atoms with van der Waals surface area (Å²) >= 11 is 0. The maximum absolute atomic E-state index is 13.4. The summed E-state index contributed by atoms with van der Waals surface area (Å²) in [7, 11) is 0. The van der Waals surface area contributed by atoms with Crippen molar-refractivity contribution in [3.63, 3.8) is 0 Å². The lowest BCUT2D eigenvalue weighted by atomic mass is 9.98. The summed E-state index contributed by atoms with van der Waals surface area (Å²) in [5.41, 5.74) is 4.97. The number of halogens is 1. The third-order valence-electron chi connectivity index (χ3n) is 4.85. The summed E-state index contributed by atoms with van der Waals surface area (Å²) in [5, 5.41) is 2.68. The molecule has 1 heterocycles. The van der Waals surface area contributed by atoms with Crippen LogP contribution in [0.3, 0.4) is 0 Å². The van der Waals surface area contributed by atoms with E-state index >= 15 is 0 Å². The van der Waals surface area contributed by atoms with Crippen LogP contribution in [0.25, 0.3) is 11.1 Å². The molecule has 3 aromatic rings. The van der Waals surface area contributed by atoms with Gasteiger partial charge in [-0.1, -0.05) is 60.4 Å². The van der Waals surface area contributed by atoms with Crippen LogP contribution < -0.4 is 5.32 Å². The van der Waals surface area contributed by atoms with Gasteiger partial charge in [0.15, 0.2) is 0 Å². The Balaban J connectivity index is 1.30. The molecule has 29 heavy (non-hydrogen) atoms. The summed E-state index contributed by atoms with van der Waals surface area (Å²) < 4.78 is 18.8. The number of hydrogen-bond donors (Lipinski definition) is 1. The number of ether oxygens (including phenoxy) is 1. The van der Waals surface area contributed by atoms with Crippen LogP contribution in [-0.2, 0) is 4.74 Å². The molecule has 0 radical (unpaired) electrons. The van der Waals surface area contributed by atoms with Crippen molar-refractivity contribution >= 4 is 6.09 Å². The van der Waals surface area contributed by atoms with Gasteiger partial charge in [-0.15, -0.1) is 0 Å². The quantitative estimate of drug-likeness (QED) is 0.408. The van der Waals surface area contributed by atoms with Crippen LogP contribution in [0.2, 0.25) is 0 Å². The van der Waals surface area contributed by atoms with Crippen molar-refractivity contribution in [2.75, 3.05) is 13.2 Å². The van der Waals surface area contributed by atoms with E-state index in [0.717, 1.165) is 0 Å². The van der Waals surface area contributed by atoms with E-state index in [1.54, 1.807) is 12.1 Å². The van der Waals surface area contributed by atoms with Crippen LogP contribution in [0.15, 0.2) is 66.9 Å². The Bertz CT molecular complexity index is 1060. The van der Waals surface area contributed by atoms with Gasteiger partial charge in [0.1, 0.15) is 6.61 Å². The molecule has 0 saturated heterocycles. The first kappa shape index (κ1) is 18.7. The number of carbonyl (C=O) groups is 1. The Morgan fingerprint density at radius 2 is 1.72 bits per heavy atom. The SMILES string of the molecule is O=C(NCCC#Cc1cccnc1F)OCC1c2ccccc2-c2ccccc21. The second kappa shape index (κ2) is 8.57. The number of pyridine rings is 1. The summed E-state index contributed by atoms with van der Waals surface area (Å²) in [6, 6.07) is 19.6. The van der Waals surface area contributed by atoms with E-state index in [0.29, 0.717) is 13.0 Å². The number of alkyl carbamates (subject to hydrolysis) is 1. The van der Waals surface area contributed by atoms with E-state index in [4.69, 9.17) is 4.74 Å². The Morgan fingerprint density at radius 1 is 1.03 bits per heavy atom. The maximum atomic E-state index is 13.4. The average molecular weight is 386 g/mol. The number of aromatic nitrogens is 1. The molecule has 1 amide bonds. The number of carbonyl (C=O) groups excluding carboxylic acids is 1. The van der Waals surface area contributed by atoms with Gasteiger partial charge >= 0.3 is 6.09 Å². The molecule has 0 fully saturated rings. The highest BCUT2D eigenvalue weighted by atomic mass is 19.1. The van der Waals surface area contributed by atoms with Crippen molar-refractivity contribution in [3.05, 3.63) is 89.5 Å². The van der Waals surface area contributed by atoms with Crippen LogP contribution in [0, 0.1) is 17.8 Å². The highest BCUT2D eigenvalue weighted by Crippen LogP contribution is 2.44. The average Bonchev–Trinajstić information content (AvgIpc) is 3.07. The number of amides is 1. The van der Waals surface area contributed by atoms with Gasteiger partial charge in [-0.25, -0.2) is 9.78 Å². The minimum Gasteiger partial charge on any atom is -0.449 e. The number of hydrogen-bond acceptors (Lipinski definition) is 3. The molecule has 0 spiro atoms. The monoisotopic (exact) mass is 386 g/mol. The minimum atomic E-state index is -0.593.